The van der Waals surface area contributed by atoms with Crippen LogP contribution >= 0.6 is 11.8 Å². The van der Waals surface area contributed by atoms with Gasteiger partial charge in [0.1, 0.15) is 23.9 Å². The van der Waals surface area contributed by atoms with Crippen molar-refractivity contribution in [1.82, 2.24) is 21.3 Å². The highest BCUT2D eigenvalue weighted by Gasteiger charge is 2.39. The van der Waals surface area contributed by atoms with Gasteiger partial charge in [0.05, 0.1) is 17.8 Å². The molecule has 0 aliphatic heterocycles. The average molecular weight is 787 g/mol. The van der Waals surface area contributed by atoms with Crippen LogP contribution in [0.4, 0.5) is 0 Å². The maximum absolute atomic E-state index is 14.4. The first-order valence-corrected chi connectivity index (χ1v) is 19.4. The quantitative estimate of drug-likeness (QED) is 0.0619. The Bertz CT molecular complexity index is 1990. The number of phenolic OH excluding ortho intramolecular Hbond substituents is 1. The molecule has 0 unspecified atom stereocenters. The van der Waals surface area contributed by atoms with Gasteiger partial charge in [-0.15, -0.1) is 11.8 Å². The van der Waals surface area contributed by atoms with Crippen LogP contribution in [0.3, 0.4) is 0 Å². The zero-order valence-electron chi connectivity index (χ0n) is 31.2. The van der Waals surface area contributed by atoms with Crippen LogP contribution in [0.25, 0.3) is 0 Å². The summed E-state index contributed by atoms with van der Waals surface area (Å²) in [5.41, 5.74) is 15.1. The Morgan fingerprint density at radius 3 is 1.44 bits per heavy atom. The van der Waals surface area contributed by atoms with E-state index in [4.69, 9.17) is 11.5 Å². The largest absolute Gasteiger partial charge is 0.508 e. The summed E-state index contributed by atoms with van der Waals surface area (Å²) in [5.74, 6) is -3.28. The fourth-order valence-corrected chi connectivity index (χ4v) is 7.95. The molecule has 5 rings (SSSR count). The Morgan fingerprint density at radius 1 is 0.561 bits per heavy atom. The Morgan fingerprint density at radius 2 is 0.982 bits per heavy atom. The molecular formula is C44H46N6O6S. The van der Waals surface area contributed by atoms with E-state index in [0.29, 0.717) is 5.56 Å². The van der Waals surface area contributed by atoms with E-state index < -0.39 is 59.0 Å². The van der Waals surface area contributed by atoms with E-state index in [2.05, 4.69) is 21.3 Å². The molecule has 0 heterocycles. The number of phenols is 1. The van der Waals surface area contributed by atoms with Crippen molar-refractivity contribution in [1.29, 1.82) is 0 Å². The number of thioether (sulfide) groups is 1. The Labute approximate surface area is 335 Å². The number of nitrogens with one attached hydrogen (secondary N) is 4. The number of carbonyl (C=O) groups excluding carboxylic acids is 5. The summed E-state index contributed by atoms with van der Waals surface area (Å²) in [6, 6.07) is 41.1. The molecule has 13 heteroatoms. The topological polar surface area (TPSA) is 206 Å². The van der Waals surface area contributed by atoms with Crippen molar-refractivity contribution in [3.63, 3.8) is 0 Å². The average Bonchev–Trinajstić information content (AvgIpc) is 3.24. The first-order valence-electron chi connectivity index (χ1n) is 18.4. The number of aromatic hydroxyl groups is 1. The van der Waals surface area contributed by atoms with Crippen LogP contribution in [0, 0.1) is 0 Å². The van der Waals surface area contributed by atoms with Gasteiger partial charge < -0.3 is 37.8 Å². The second-order valence-electron chi connectivity index (χ2n) is 13.3. The molecule has 0 aromatic heterocycles. The van der Waals surface area contributed by atoms with Crippen LogP contribution < -0.4 is 32.7 Å². The Balaban J connectivity index is 1.49. The molecule has 5 aromatic carbocycles. The van der Waals surface area contributed by atoms with Crippen LogP contribution in [-0.2, 0) is 41.6 Å². The lowest BCUT2D eigenvalue weighted by atomic mass is 9.84. The monoisotopic (exact) mass is 786 g/mol. The number of carbonyl (C=O) groups is 5. The standard InChI is InChI=1S/C44H46N6O6S/c45-27-40(53)48-36(26-31-21-23-35(51)24-22-31)42(55)49-37(25-30-13-5-1-6-14-30)43(56)50-38(41(54)47-28-39(46)52)29-57-44(32-15-7-2-8-16-32,33-17-9-3-10-18-33)34-19-11-4-12-20-34/h1-24,36-38,51H,25-29,45H2,(H2,46,52)(H,47,54)(H,48,53)(H,49,55)(H,50,56)/t36-,37-,38-/m0/s1. The van der Waals surface area contributed by atoms with Gasteiger partial charge in [-0.05, 0) is 39.9 Å². The zero-order valence-corrected chi connectivity index (χ0v) is 32.0. The predicted molar refractivity (Wildman–Crippen MR) is 221 cm³/mol. The van der Waals surface area contributed by atoms with Gasteiger partial charge in [0.15, 0.2) is 0 Å². The van der Waals surface area contributed by atoms with E-state index in [0.717, 1.165) is 22.3 Å². The van der Waals surface area contributed by atoms with Gasteiger partial charge in [-0.3, -0.25) is 24.0 Å². The third-order valence-electron chi connectivity index (χ3n) is 9.21. The van der Waals surface area contributed by atoms with Gasteiger partial charge in [0, 0.05) is 18.6 Å². The first kappa shape index (κ1) is 41.7. The molecule has 57 heavy (non-hydrogen) atoms. The van der Waals surface area contributed by atoms with Crippen LogP contribution in [0.1, 0.15) is 27.8 Å². The number of hydrogen-bond acceptors (Lipinski definition) is 8. The van der Waals surface area contributed by atoms with Crippen molar-refractivity contribution >= 4 is 41.3 Å². The number of nitrogens with two attached hydrogens (primary N) is 2. The van der Waals surface area contributed by atoms with Crippen LogP contribution in [0.15, 0.2) is 146 Å². The lowest BCUT2D eigenvalue weighted by Crippen LogP contribution is -2.58. The van der Waals surface area contributed by atoms with E-state index in [1.165, 1.54) is 23.9 Å². The van der Waals surface area contributed by atoms with Crippen molar-refractivity contribution < 1.29 is 29.1 Å². The van der Waals surface area contributed by atoms with Gasteiger partial charge >= 0.3 is 0 Å². The molecule has 0 bridgehead atoms. The second kappa shape index (κ2) is 20.5. The van der Waals surface area contributed by atoms with E-state index in [-0.39, 0.29) is 30.9 Å². The molecule has 0 aliphatic carbocycles. The number of amides is 5. The summed E-state index contributed by atoms with van der Waals surface area (Å²) in [4.78, 5) is 66.5. The molecule has 0 fully saturated rings. The third-order valence-corrected chi connectivity index (χ3v) is 10.8. The lowest BCUT2D eigenvalue weighted by molar-refractivity contribution is -0.133. The summed E-state index contributed by atoms with van der Waals surface area (Å²) in [6.45, 7) is -0.829. The molecule has 5 aromatic rings. The lowest BCUT2D eigenvalue weighted by Gasteiger charge is -2.36. The number of rotatable bonds is 19. The highest BCUT2D eigenvalue weighted by atomic mass is 32.2. The maximum atomic E-state index is 14.4. The molecule has 0 saturated carbocycles. The summed E-state index contributed by atoms with van der Waals surface area (Å²) in [7, 11) is 0. The Hall–Kier alpha value is -6.44. The minimum atomic E-state index is -1.21. The van der Waals surface area contributed by atoms with Crippen LogP contribution in [0.5, 0.6) is 5.75 Å². The highest BCUT2D eigenvalue weighted by molar-refractivity contribution is 8.00. The molecule has 0 radical (unpaired) electrons. The normalized spacial score (nSPS) is 12.6. The van der Waals surface area contributed by atoms with E-state index in [9.17, 15) is 29.1 Å². The van der Waals surface area contributed by atoms with Gasteiger partial charge in [-0.1, -0.05) is 133 Å². The second-order valence-corrected chi connectivity index (χ2v) is 14.5. The molecule has 9 N–H and O–H groups in total. The smallest absolute Gasteiger partial charge is 0.243 e. The van der Waals surface area contributed by atoms with Gasteiger partial charge in [-0.2, -0.15) is 0 Å². The summed E-state index contributed by atoms with van der Waals surface area (Å²) >= 11 is 1.43. The summed E-state index contributed by atoms with van der Waals surface area (Å²) < 4.78 is -0.850. The van der Waals surface area contributed by atoms with Crippen molar-refractivity contribution in [2.75, 3.05) is 18.8 Å². The van der Waals surface area contributed by atoms with E-state index in [1.807, 2.05) is 97.1 Å². The third kappa shape index (κ3) is 11.5. The van der Waals surface area contributed by atoms with Gasteiger partial charge in [0.2, 0.25) is 29.5 Å². The summed E-state index contributed by atoms with van der Waals surface area (Å²) in [5, 5.41) is 20.6. The van der Waals surface area contributed by atoms with E-state index >= 15 is 0 Å². The zero-order chi connectivity index (χ0) is 40.6. The van der Waals surface area contributed by atoms with E-state index in [1.54, 1.807) is 36.4 Å². The fraction of sp³-hybridized carbons (Fsp3) is 0.205. The Kier molecular flexibility index (Phi) is 15.0. The predicted octanol–water partition coefficient (Wildman–Crippen LogP) is 2.92. The van der Waals surface area contributed by atoms with Crippen LogP contribution in [-0.4, -0.2) is 71.6 Å². The molecular weight excluding hydrogens is 741 g/mol. The molecule has 0 saturated heterocycles. The number of benzene rings is 5. The van der Waals surface area contributed by atoms with Gasteiger partial charge in [-0.25, -0.2) is 0 Å². The molecule has 0 spiro atoms. The number of hydrogen-bond donors (Lipinski definition) is 7. The van der Waals surface area contributed by atoms with Crippen molar-refractivity contribution in [3.05, 3.63) is 173 Å². The SMILES string of the molecule is NCC(=O)N[C@@H](Cc1ccc(O)cc1)C(=O)N[C@@H](Cc1ccccc1)C(=O)N[C@@H](CSC(c1ccccc1)(c1ccccc1)c1ccccc1)C(=O)NCC(N)=O. The first-order chi connectivity index (χ1) is 27.6. The molecule has 12 nitrogen and oxygen atoms in total. The molecule has 3 atom stereocenters. The van der Waals surface area contributed by atoms with Crippen LogP contribution in [0.2, 0.25) is 0 Å². The molecule has 294 valence electrons. The van der Waals surface area contributed by atoms with Gasteiger partial charge in [0.25, 0.3) is 0 Å². The fourth-order valence-electron chi connectivity index (χ4n) is 6.39. The molecule has 0 aliphatic rings. The maximum Gasteiger partial charge on any atom is 0.243 e. The number of primary amides is 1. The minimum Gasteiger partial charge on any atom is -0.508 e. The van der Waals surface area contributed by atoms with Crippen molar-refractivity contribution in [2.45, 2.75) is 35.7 Å². The highest BCUT2D eigenvalue weighted by Crippen LogP contribution is 2.48. The summed E-state index contributed by atoms with van der Waals surface area (Å²) in [6.07, 6.45) is 0.0762. The minimum absolute atomic E-state index is 0.0249. The van der Waals surface area contributed by atoms with Crippen molar-refractivity contribution in [3.8, 4) is 5.75 Å². The van der Waals surface area contributed by atoms with Crippen molar-refractivity contribution in [2.24, 2.45) is 11.5 Å². The molecule has 5 amide bonds.